The Morgan fingerprint density at radius 3 is 2.54 bits per heavy atom. The standard InChI is InChI=1S/C17H20F3N3S/c1-23(10-13-9-22-16(21)24-13)15-4-2-3-14(15)11-5-7-12(8-6-11)17(18,19)20/h5-9,14-15H,2-4,10H2,1H3,(H2,21,22). The van der Waals surface area contributed by atoms with Gasteiger partial charge in [0.05, 0.1) is 5.56 Å². The van der Waals surface area contributed by atoms with Crippen molar-refractivity contribution in [2.24, 2.45) is 0 Å². The summed E-state index contributed by atoms with van der Waals surface area (Å²) >= 11 is 1.48. The molecule has 1 aromatic heterocycles. The van der Waals surface area contributed by atoms with Gasteiger partial charge in [-0.2, -0.15) is 13.2 Å². The summed E-state index contributed by atoms with van der Waals surface area (Å²) in [5.41, 5.74) is 6.07. The number of nitrogens with two attached hydrogens (primary N) is 1. The van der Waals surface area contributed by atoms with Crippen LogP contribution in [0.15, 0.2) is 30.5 Å². The third-order valence-corrected chi connectivity index (χ3v) is 5.50. The molecule has 1 aliphatic rings. The van der Waals surface area contributed by atoms with Crippen LogP contribution in [0.4, 0.5) is 18.3 Å². The molecule has 2 unspecified atom stereocenters. The number of hydrogen-bond donors (Lipinski definition) is 1. The van der Waals surface area contributed by atoms with E-state index in [-0.39, 0.29) is 5.92 Å². The molecule has 0 radical (unpaired) electrons. The summed E-state index contributed by atoms with van der Waals surface area (Å²) in [5.74, 6) is 0.266. The number of nitrogen functional groups attached to an aromatic ring is 1. The van der Waals surface area contributed by atoms with E-state index in [0.717, 1.165) is 36.2 Å². The largest absolute Gasteiger partial charge is 0.416 e. The quantitative estimate of drug-likeness (QED) is 0.877. The number of likely N-dealkylation sites (N-methyl/N-ethyl adjacent to an activating group) is 1. The molecular weight excluding hydrogens is 335 g/mol. The monoisotopic (exact) mass is 355 g/mol. The van der Waals surface area contributed by atoms with Crippen molar-refractivity contribution >= 4 is 16.5 Å². The second-order valence-corrected chi connectivity index (χ2v) is 7.45. The fraction of sp³-hybridized carbons (Fsp3) is 0.471. The van der Waals surface area contributed by atoms with Crippen LogP contribution in [0.5, 0.6) is 0 Å². The van der Waals surface area contributed by atoms with Gasteiger partial charge in [0.1, 0.15) is 0 Å². The molecule has 2 atom stereocenters. The molecule has 1 fully saturated rings. The molecule has 3 rings (SSSR count). The van der Waals surface area contributed by atoms with E-state index in [1.807, 2.05) is 0 Å². The summed E-state index contributed by atoms with van der Waals surface area (Å²) < 4.78 is 38.2. The highest BCUT2D eigenvalue weighted by Gasteiger charge is 2.33. The SMILES string of the molecule is CN(Cc1cnc(N)s1)C1CCCC1c1ccc(C(F)(F)F)cc1. The molecule has 130 valence electrons. The van der Waals surface area contributed by atoms with Crippen LogP contribution in [0, 0.1) is 0 Å². The summed E-state index contributed by atoms with van der Waals surface area (Å²) in [7, 11) is 2.06. The second-order valence-electron chi connectivity index (χ2n) is 6.30. The first-order chi connectivity index (χ1) is 11.3. The Hall–Kier alpha value is -1.60. The molecule has 2 N–H and O–H groups in total. The number of hydrogen-bond acceptors (Lipinski definition) is 4. The number of rotatable bonds is 4. The number of thiazole rings is 1. The average molecular weight is 355 g/mol. The van der Waals surface area contributed by atoms with E-state index in [2.05, 4.69) is 16.9 Å². The zero-order chi connectivity index (χ0) is 17.3. The van der Waals surface area contributed by atoms with Crippen LogP contribution in [0.3, 0.4) is 0 Å². The predicted octanol–water partition coefficient (Wildman–Crippen LogP) is 4.51. The van der Waals surface area contributed by atoms with Gasteiger partial charge in [0, 0.05) is 23.7 Å². The van der Waals surface area contributed by atoms with E-state index in [1.54, 1.807) is 18.3 Å². The molecule has 0 saturated heterocycles. The summed E-state index contributed by atoms with van der Waals surface area (Å²) in [5, 5.41) is 0.559. The Balaban J connectivity index is 1.72. The molecule has 2 aromatic rings. The van der Waals surface area contributed by atoms with E-state index >= 15 is 0 Å². The van der Waals surface area contributed by atoms with Crippen molar-refractivity contribution in [1.29, 1.82) is 0 Å². The van der Waals surface area contributed by atoms with Gasteiger partial charge in [-0.25, -0.2) is 4.98 Å². The number of nitrogens with zero attached hydrogens (tertiary/aromatic N) is 2. The minimum absolute atomic E-state index is 0.266. The molecule has 1 aromatic carbocycles. The maximum absolute atomic E-state index is 12.7. The first-order valence-electron chi connectivity index (χ1n) is 7.92. The van der Waals surface area contributed by atoms with Crippen LogP contribution in [-0.4, -0.2) is 23.0 Å². The van der Waals surface area contributed by atoms with Crippen LogP contribution >= 0.6 is 11.3 Å². The smallest absolute Gasteiger partial charge is 0.375 e. The van der Waals surface area contributed by atoms with E-state index < -0.39 is 11.7 Å². The van der Waals surface area contributed by atoms with E-state index in [9.17, 15) is 13.2 Å². The minimum atomic E-state index is -4.28. The van der Waals surface area contributed by atoms with Crippen LogP contribution < -0.4 is 5.73 Å². The van der Waals surface area contributed by atoms with Crippen molar-refractivity contribution in [1.82, 2.24) is 9.88 Å². The van der Waals surface area contributed by atoms with Crippen LogP contribution in [0.25, 0.3) is 0 Å². The Bertz CT molecular complexity index is 681. The van der Waals surface area contributed by atoms with Gasteiger partial charge in [-0.3, -0.25) is 4.90 Å². The maximum Gasteiger partial charge on any atom is 0.416 e. The number of benzene rings is 1. The lowest BCUT2D eigenvalue weighted by Crippen LogP contribution is -2.33. The third-order valence-electron chi connectivity index (χ3n) is 4.69. The van der Waals surface area contributed by atoms with Gasteiger partial charge in [0.2, 0.25) is 0 Å². The number of aromatic nitrogens is 1. The molecule has 0 spiro atoms. The molecule has 1 saturated carbocycles. The highest BCUT2D eigenvalue weighted by Crippen LogP contribution is 2.39. The molecule has 3 nitrogen and oxygen atoms in total. The highest BCUT2D eigenvalue weighted by atomic mass is 32.1. The van der Waals surface area contributed by atoms with Crippen molar-refractivity contribution in [3.8, 4) is 0 Å². The third kappa shape index (κ3) is 3.72. The lowest BCUT2D eigenvalue weighted by Gasteiger charge is -2.29. The van der Waals surface area contributed by atoms with Crippen LogP contribution in [0.1, 0.15) is 41.2 Å². The lowest BCUT2D eigenvalue weighted by molar-refractivity contribution is -0.137. The van der Waals surface area contributed by atoms with E-state index in [1.165, 1.54) is 23.5 Å². The van der Waals surface area contributed by atoms with Crippen molar-refractivity contribution in [3.63, 3.8) is 0 Å². The molecular formula is C17H20F3N3S. The van der Waals surface area contributed by atoms with E-state index in [4.69, 9.17) is 5.73 Å². The van der Waals surface area contributed by atoms with Gasteiger partial charge < -0.3 is 5.73 Å². The lowest BCUT2D eigenvalue weighted by atomic mass is 9.92. The zero-order valence-electron chi connectivity index (χ0n) is 13.4. The summed E-state index contributed by atoms with van der Waals surface area (Å²) in [6.07, 6.45) is 0.655. The van der Waals surface area contributed by atoms with Crippen LogP contribution in [0.2, 0.25) is 0 Å². The molecule has 0 aliphatic heterocycles. The van der Waals surface area contributed by atoms with Gasteiger partial charge in [-0.1, -0.05) is 18.6 Å². The van der Waals surface area contributed by atoms with Gasteiger partial charge in [0.15, 0.2) is 5.13 Å². The Labute approximate surface area is 143 Å². The second kappa shape index (κ2) is 6.72. The van der Waals surface area contributed by atoms with Gasteiger partial charge in [-0.15, -0.1) is 11.3 Å². The van der Waals surface area contributed by atoms with Crippen molar-refractivity contribution < 1.29 is 13.2 Å². The first kappa shape index (κ1) is 17.2. The van der Waals surface area contributed by atoms with Crippen molar-refractivity contribution in [3.05, 3.63) is 46.5 Å². The molecule has 0 bridgehead atoms. The minimum Gasteiger partial charge on any atom is -0.375 e. The Morgan fingerprint density at radius 1 is 1.25 bits per heavy atom. The average Bonchev–Trinajstić information content (AvgIpc) is 3.15. The number of halogens is 3. The van der Waals surface area contributed by atoms with Crippen molar-refractivity contribution in [2.75, 3.05) is 12.8 Å². The zero-order valence-corrected chi connectivity index (χ0v) is 14.2. The topological polar surface area (TPSA) is 42.2 Å². The Kier molecular flexibility index (Phi) is 4.83. The molecule has 7 heteroatoms. The number of alkyl halides is 3. The highest BCUT2D eigenvalue weighted by molar-refractivity contribution is 7.15. The molecule has 0 amide bonds. The first-order valence-corrected chi connectivity index (χ1v) is 8.74. The predicted molar refractivity (Wildman–Crippen MR) is 89.8 cm³/mol. The molecule has 1 aliphatic carbocycles. The van der Waals surface area contributed by atoms with E-state index in [0.29, 0.717) is 11.2 Å². The summed E-state index contributed by atoms with van der Waals surface area (Å²) in [4.78, 5) is 7.44. The molecule has 24 heavy (non-hydrogen) atoms. The van der Waals surface area contributed by atoms with Gasteiger partial charge in [-0.05, 0) is 43.5 Å². The van der Waals surface area contributed by atoms with Crippen molar-refractivity contribution in [2.45, 2.75) is 43.9 Å². The maximum atomic E-state index is 12.7. The fourth-order valence-corrected chi connectivity index (χ4v) is 4.28. The van der Waals surface area contributed by atoms with Crippen LogP contribution in [-0.2, 0) is 12.7 Å². The van der Waals surface area contributed by atoms with Gasteiger partial charge in [0.25, 0.3) is 0 Å². The van der Waals surface area contributed by atoms with Gasteiger partial charge >= 0.3 is 6.18 Å². The summed E-state index contributed by atoms with van der Waals surface area (Å²) in [6.45, 7) is 0.761. The molecule has 1 heterocycles. The number of anilines is 1. The normalized spacial score (nSPS) is 21.5. The summed E-state index contributed by atoms with van der Waals surface area (Å²) in [6, 6.07) is 5.96. The fourth-order valence-electron chi connectivity index (χ4n) is 3.53. The Morgan fingerprint density at radius 2 is 1.96 bits per heavy atom.